The van der Waals surface area contributed by atoms with Crippen LogP contribution in [0.4, 0.5) is 25.1 Å². The van der Waals surface area contributed by atoms with E-state index >= 15 is 0 Å². The molecule has 6 rings (SSSR count). The fraction of sp³-hybridized carbons (Fsp3) is 0.594. The second-order valence-corrected chi connectivity index (χ2v) is 13.5. The molecule has 2 aliphatic heterocycles. The zero-order chi connectivity index (χ0) is 32.4. The van der Waals surface area contributed by atoms with Crippen LogP contribution in [0, 0.1) is 11.8 Å². The van der Waals surface area contributed by atoms with Crippen molar-refractivity contribution in [2.45, 2.75) is 70.9 Å². The summed E-state index contributed by atoms with van der Waals surface area (Å²) < 4.78 is 40.6. The third-order valence-electron chi connectivity index (χ3n) is 8.60. The SMILES string of the molecule is CC(C)(C)OC(=O)N(CC1CC1)c1cc(-c2nc(C(=O)Nc3cn(C4CN(CCC5CCNCC5)C4)nc3C(F)F)co2)ccn1. The molecule has 3 aromatic heterocycles. The highest BCUT2D eigenvalue weighted by Crippen LogP contribution is 2.33. The monoisotopic (exact) mass is 640 g/mol. The van der Waals surface area contributed by atoms with E-state index in [4.69, 9.17) is 9.15 Å². The van der Waals surface area contributed by atoms with Crippen LogP contribution in [0.2, 0.25) is 0 Å². The van der Waals surface area contributed by atoms with Crippen molar-refractivity contribution in [3.8, 4) is 11.5 Å². The van der Waals surface area contributed by atoms with E-state index in [-0.39, 0.29) is 23.3 Å². The number of pyridine rings is 1. The van der Waals surface area contributed by atoms with Gasteiger partial charge in [0.25, 0.3) is 12.3 Å². The number of aromatic nitrogens is 4. The number of carbonyl (C=O) groups excluding carboxylic acids is 2. The Hall–Kier alpha value is -3.91. The average molecular weight is 641 g/mol. The van der Waals surface area contributed by atoms with Crippen molar-refractivity contribution in [2.24, 2.45) is 11.8 Å². The molecule has 0 unspecified atom stereocenters. The molecule has 2 saturated heterocycles. The first kappa shape index (κ1) is 32.0. The summed E-state index contributed by atoms with van der Waals surface area (Å²) >= 11 is 0. The van der Waals surface area contributed by atoms with Gasteiger partial charge in [0.1, 0.15) is 17.7 Å². The number of hydrogen-bond donors (Lipinski definition) is 2. The molecule has 5 heterocycles. The smallest absolute Gasteiger partial charge is 0.416 e. The highest BCUT2D eigenvalue weighted by Gasteiger charge is 2.33. The molecule has 12 nitrogen and oxygen atoms in total. The molecule has 2 amide bonds. The van der Waals surface area contributed by atoms with Crippen molar-refractivity contribution in [2.75, 3.05) is 49.5 Å². The highest BCUT2D eigenvalue weighted by molar-refractivity contribution is 6.03. The number of amides is 2. The zero-order valence-electron chi connectivity index (χ0n) is 26.5. The minimum absolute atomic E-state index is 0.0316. The van der Waals surface area contributed by atoms with Crippen LogP contribution >= 0.6 is 0 Å². The predicted molar refractivity (Wildman–Crippen MR) is 167 cm³/mol. The van der Waals surface area contributed by atoms with Gasteiger partial charge in [-0.05, 0) is 96.5 Å². The van der Waals surface area contributed by atoms with Crippen LogP contribution in [0.25, 0.3) is 11.5 Å². The topological polar surface area (TPSA) is 131 Å². The molecule has 46 heavy (non-hydrogen) atoms. The first-order chi connectivity index (χ1) is 22.0. The fourth-order valence-corrected chi connectivity index (χ4v) is 5.81. The van der Waals surface area contributed by atoms with E-state index in [1.165, 1.54) is 41.1 Å². The molecule has 1 aliphatic carbocycles. The number of carbonyl (C=O) groups is 2. The van der Waals surface area contributed by atoms with Crippen LogP contribution in [0.5, 0.6) is 0 Å². The highest BCUT2D eigenvalue weighted by atomic mass is 19.3. The normalized spacial score (nSPS) is 18.0. The largest absolute Gasteiger partial charge is 0.444 e. The van der Waals surface area contributed by atoms with E-state index in [2.05, 4.69) is 30.6 Å². The van der Waals surface area contributed by atoms with Crippen LogP contribution in [-0.4, -0.2) is 81.5 Å². The maximum atomic E-state index is 13.9. The van der Waals surface area contributed by atoms with E-state index in [0.29, 0.717) is 23.8 Å². The lowest BCUT2D eigenvalue weighted by Gasteiger charge is -2.40. The standard InChI is InChI=1S/C32H42F2N8O4/c1-32(2,3)46-31(44)41(15-21-4-5-21)26-14-22(8-12-36-26)30-38-25(19-45-30)29(43)37-24-18-42(39-27(24)28(33)34)23-16-40(17-23)13-9-20-6-10-35-11-7-20/h8,12,14,18-21,23,28,35H,4-7,9-11,13,15-17H2,1-3H3,(H,37,43). The molecule has 0 aromatic carbocycles. The van der Waals surface area contributed by atoms with Gasteiger partial charge in [-0.1, -0.05) is 0 Å². The zero-order valence-corrected chi connectivity index (χ0v) is 26.5. The van der Waals surface area contributed by atoms with Crippen LogP contribution < -0.4 is 15.5 Å². The lowest BCUT2D eigenvalue weighted by molar-refractivity contribution is 0.0577. The molecule has 0 spiro atoms. The van der Waals surface area contributed by atoms with Crippen molar-refractivity contribution in [3.05, 3.63) is 42.2 Å². The predicted octanol–water partition coefficient (Wildman–Crippen LogP) is 5.52. The maximum absolute atomic E-state index is 13.9. The molecule has 0 atom stereocenters. The molecular weight excluding hydrogens is 598 g/mol. The summed E-state index contributed by atoms with van der Waals surface area (Å²) in [5.41, 5.74) is -0.814. The van der Waals surface area contributed by atoms with Gasteiger partial charge in [0.15, 0.2) is 11.4 Å². The third-order valence-corrected chi connectivity index (χ3v) is 8.60. The van der Waals surface area contributed by atoms with Gasteiger partial charge in [0, 0.05) is 37.6 Å². The number of halogens is 2. The molecular formula is C32H42F2N8O4. The van der Waals surface area contributed by atoms with E-state index in [1.54, 1.807) is 32.9 Å². The lowest BCUT2D eigenvalue weighted by atomic mass is 9.94. The number of hydrogen-bond acceptors (Lipinski definition) is 9. The summed E-state index contributed by atoms with van der Waals surface area (Å²) in [5.74, 6) is 0.900. The van der Waals surface area contributed by atoms with Crippen LogP contribution in [0.3, 0.4) is 0 Å². The van der Waals surface area contributed by atoms with Crippen LogP contribution in [0.15, 0.2) is 35.2 Å². The Labute approximate surface area is 266 Å². The Bertz CT molecular complexity index is 1520. The van der Waals surface area contributed by atoms with Gasteiger partial charge in [-0.15, -0.1) is 0 Å². The number of piperidine rings is 1. The van der Waals surface area contributed by atoms with Gasteiger partial charge in [-0.25, -0.2) is 23.5 Å². The van der Waals surface area contributed by atoms with Crippen molar-refractivity contribution in [1.82, 2.24) is 30.0 Å². The molecule has 3 aromatic rings. The number of alkyl halides is 2. The first-order valence-electron chi connectivity index (χ1n) is 16.1. The molecule has 0 radical (unpaired) electrons. The molecule has 2 N–H and O–H groups in total. The second-order valence-electron chi connectivity index (χ2n) is 13.5. The quantitative estimate of drug-likeness (QED) is 0.278. The van der Waals surface area contributed by atoms with Gasteiger partial charge in [0.2, 0.25) is 5.89 Å². The number of nitrogens with zero attached hydrogens (tertiary/aromatic N) is 6. The first-order valence-corrected chi connectivity index (χ1v) is 16.1. The minimum Gasteiger partial charge on any atom is -0.444 e. The van der Waals surface area contributed by atoms with Crippen molar-refractivity contribution < 1.29 is 27.5 Å². The molecule has 3 fully saturated rings. The van der Waals surface area contributed by atoms with Gasteiger partial charge >= 0.3 is 6.09 Å². The third kappa shape index (κ3) is 7.89. The maximum Gasteiger partial charge on any atom is 0.416 e. The van der Waals surface area contributed by atoms with E-state index < -0.39 is 29.7 Å². The summed E-state index contributed by atoms with van der Waals surface area (Å²) in [4.78, 5) is 38.6. The van der Waals surface area contributed by atoms with E-state index in [9.17, 15) is 18.4 Å². The Balaban J connectivity index is 1.10. The lowest BCUT2D eigenvalue weighted by Crippen LogP contribution is -2.48. The number of rotatable bonds is 11. The number of likely N-dealkylation sites (tertiary alicyclic amines) is 1. The summed E-state index contributed by atoms with van der Waals surface area (Å²) in [7, 11) is 0. The van der Waals surface area contributed by atoms with E-state index in [1.807, 2.05) is 0 Å². The molecule has 248 valence electrons. The summed E-state index contributed by atoms with van der Waals surface area (Å²) in [6, 6.07) is 3.26. The average Bonchev–Trinajstić information content (AvgIpc) is 3.50. The van der Waals surface area contributed by atoms with Gasteiger partial charge < -0.3 is 19.8 Å². The van der Waals surface area contributed by atoms with Crippen LogP contribution in [0.1, 0.15) is 81.5 Å². The van der Waals surface area contributed by atoms with Crippen molar-refractivity contribution in [1.29, 1.82) is 0 Å². The van der Waals surface area contributed by atoms with Gasteiger partial charge in [-0.3, -0.25) is 19.3 Å². The Kier molecular flexibility index (Phi) is 9.37. The number of nitrogens with one attached hydrogen (secondary N) is 2. The Morgan fingerprint density at radius 2 is 1.93 bits per heavy atom. The summed E-state index contributed by atoms with van der Waals surface area (Å²) in [5, 5.41) is 10.1. The van der Waals surface area contributed by atoms with Crippen molar-refractivity contribution in [3.63, 3.8) is 0 Å². The minimum atomic E-state index is -2.86. The Morgan fingerprint density at radius 1 is 1.17 bits per heavy atom. The van der Waals surface area contributed by atoms with Crippen molar-refractivity contribution >= 4 is 23.5 Å². The molecule has 0 bridgehead atoms. The molecule has 1 saturated carbocycles. The number of oxazole rings is 1. The van der Waals surface area contributed by atoms with Gasteiger partial charge in [-0.2, -0.15) is 5.10 Å². The molecule has 3 aliphatic rings. The Morgan fingerprint density at radius 3 is 2.63 bits per heavy atom. The fourth-order valence-electron chi connectivity index (χ4n) is 5.81. The second kappa shape index (κ2) is 13.4. The summed E-state index contributed by atoms with van der Waals surface area (Å²) in [6.45, 7) is 10.5. The van der Waals surface area contributed by atoms with E-state index in [0.717, 1.165) is 57.9 Å². The van der Waals surface area contributed by atoms with Crippen LogP contribution in [-0.2, 0) is 4.74 Å². The number of anilines is 2. The number of ether oxygens (including phenoxy) is 1. The summed E-state index contributed by atoms with van der Waals surface area (Å²) in [6.07, 6.45) is 6.38. The molecule has 14 heteroatoms. The van der Waals surface area contributed by atoms with Gasteiger partial charge in [0.05, 0.1) is 11.7 Å².